The fraction of sp³-hybridized carbons (Fsp3) is 0.105. The number of carbonyl (C=O) groups excluding carboxylic acids is 2. The zero-order chi connectivity index (χ0) is 18.2. The molecule has 0 unspecified atom stereocenters. The van der Waals surface area contributed by atoms with Crippen molar-refractivity contribution in [3.05, 3.63) is 76.5 Å². The van der Waals surface area contributed by atoms with E-state index in [1.54, 1.807) is 48.5 Å². The van der Waals surface area contributed by atoms with Crippen molar-refractivity contribution in [2.45, 2.75) is 13.5 Å². The van der Waals surface area contributed by atoms with Crippen molar-refractivity contribution in [3.8, 4) is 6.07 Å². The molecular formula is C19H16ClN3O2. The predicted octanol–water partition coefficient (Wildman–Crippen LogP) is 3.68. The normalized spacial score (nSPS) is 10.7. The van der Waals surface area contributed by atoms with E-state index in [1.165, 1.54) is 13.1 Å². The van der Waals surface area contributed by atoms with Crippen LogP contribution in [0.4, 0.5) is 5.69 Å². The molecule has 0 spiro atoms. The van der Waals surface area contributed by atoms with Crippen molar-refractivity contribution in [1.29, 1.82) is 5.26 Å². The second kappa shape index (κ2) is 8.67. The Morgan fingerprint density at radius 3 is 2.32 bits per heavy atom. The van der Waals surface area contributed by atoms with Crippen LogP contribution in [0.25, 0.3) is 0 Å². The lowest BCUT2D eigenvalue weighted by Gasteiger charge is -2.06. The molecule has 2 aromatic rings. The molecule has 5 nitrogen and oxygen atoms in total. The fourth-order valence-corrected chi connectivity index (χ4v) is 2.11. The predicted molar refractivity (Wildman–Crippen MR) is 97.1 cm³/mol. The highest BCUT2D eigenvalue weighted by Crippen LogP contribution is 2.11. The van der Waals surface area contributed by atoms with Crippen LogP contribution in [0.15, 0.2) is 60.3 Å². The van der Waals surface area contributed by atoms with E-state index in [0.29, 0.717) is 22.8 Å². The number of hydrogen-bond donors (Lipinski definition) is 2. The Hall–Kier alpha value is -3.10. The summed E-state index contributed by atoms with van der Waals surface area (Å²) < 4.78 is 0. The number of Topliss-reactive ketones (excluding diaryl/α,β-unsaturated/α-hetero) is 1. The van der Waals surface area contributed by atoms with Crippen LogP contribution in [0.1, 0.15) is 22.8 Å². The van der Waals surface area contributed by atoms with Crippen molar-refractivity contribution in [2.24, 2.45) is 0 Å². The summed E-state index contributed by atoms with van der Waals surface area (Å²) in [6.07, 6.45) is 1.33. The third-order valence-corrected chi connectivity index (χ3v) is 3.66. The van der Waals surface area contributed by atoms with Gasteiger partial charge in [-0.3, -0.25) is 9.59 Å². The van der Waals surface area contributed by atoms with Gasteiger partial charge in [-0.25, -0.2) is 0 Å². The first kappa shape index (κ1) is 18.2. The first-order valence-corrected chi connectivity index (χ1v) is 7.88. The van der Waals surface area contributed by atoms with Gasteiger partial charge in [-0.1, -0.05) is 23.7 Å². The molecule has 0 saturated heterocycles. The molecule has 0 aliphatic heterocycles. The van der Waals surface area contributed by atoms with E-state index in [9.17, 15) is 9.59 Å². The van der Waals surface area contributed by atoms with Crippen LogP contribution < -0.4 is 10.6 Å². The molecule has 25 heavy (non-hydrogen) atoms. The zero-order valence-electron chi connectivity index (χ0n) is 13.5. The number of anilines is 1. The van der Waals surface area contributed by atoms with Gasteiger partial charge in [0.2, 0.25) is 0 Å². The van der Waals surface area contributed by atoms with E-state index in [-0.39, 0.29) is 11.4 Å². The van der Waals surface area contributed by atoms with E-state index in [2.05, 4.69) is 10.6 Å². The van der Waals surface area contributed by atoms with Crippen molar-refractivity contribution in [3.63, 3.8) is 0 Å². The molecule has 0 radical (unpaired) electrons. The van der Waals surface area contributed by atoms with Crippen LogP contribution in [0.5, 0.6) is 0 Å². The van der Waals surface area contributed by atoms with E-state index in [1.807, 2.05) is 6.07 Å². The summed E-state index contributed by atoms with van der Waals surface area (Å²) in [6.45, 7) is 1.78. The van der Waals surface area contributed by atoms with E-state index >= 15 is 0 Å². The van der Waals surface area contributed by atoms with Crippen molar-refractivity contribution >= 4 is 29.0 Å². The number of amides is 1. The number of carbonyl (C=O) groups is 2. The van der Waals surface area contributed by atoms with E-state index in [0.717, 1.165) is 5.56 Å². The molecule has 0 atom stereocenters. The largest absolute Gasteiger partial charge is 0.360 e. The maximum atomic E-state index is 12.1. The molecule has 0 aromatic heterocycles. The molecule has 0 heterocycles. The lowest BCUT2D eigenvalue weighted by Crippen LogP contribution is -2.24. The molecule has 126 valence electrons. The molecular weight excluding hydrogens is 338 g/mol. The van der Waals surface area contributed by atoms with Gasteiger partial charge in [0.25, 0.3) is 5.91 Å². The monoisotopic (exact) mass is 353 g/mol. The minimum Gasteiger partial charge on any atom is -0.360 e. The van der Waals surface area contributed by atoms with Gasteiger partial charge < -0.3 is 10.6 Å². The van der Waals surface area contributed by atoms with Gasteiger partial charge in [0.1, 0.15) is 11.6 Å². The first-order valence-electron chi connectivity index (χ1n) is 7.50. The molecule has 2 N–H and O–H groups in total. The average Bonchev–Trinajstić information content (AvgIpc) is 2.62. The number of ketones is 1. The molecule has 0 bridgehead atoms. The second-order valence-electron chi connectivity index (χ2n) is 5.26. The number of benzene rings is 2. The molecule has 0 aliphatic carbocycles. The quantitative estimate of drug-likeness (QED) is 0.471. The summed E-state index contributed by atoms with van der Waals surface area (Å²) in [4.78, 5) is 23.3. The third kappa shape index (κ3) is 5.48. The summed E-state index contributed by atoms with van der Waals surface area (Å²) in [5.41, 5.74) is 2.09. The molecule has 0 aliphatic rings. The third-order valence-electron chi connectivity index (χ3n) is 3.41. The summed E-state index contributed by atoms with van der Waals surface area (Å²) >= 11 is 5.81. The Morgan fingerprint density at radius 1 is 1.12 bits per heavy atom. The molecule has 0 saturated carbocycles. The number of nitriles is 1. The number of rotatable bonds is 6. The number of nitrogens with zero attached hydrogens (tertiary/aromatic N) is 1. The summed E-state index contributed by atoms with van der Waals surface area (Å²) in [6, 6.07) is 15.7. The molecule has 2 rings (SSSR count). The van der Waals surface area contributed by atoms with Gasteiger partial charge in [0.15, 0.2) is 5.78 Å². The fourth-order valence-electron chi connectivity index (χ4n) is 1.99. The molecule has 2 aromatic carbocycles. The lowest BCUT2D eigenvalue weighted by molar-refractivity contribution is -0.117. The molecule has 0 fully saturated rings. The molecule has 1 amide bonds. The topological polar surface area (TPSA) is 82.0 Å². The van der Waals surface area contributed by atoms with Crippen LogP contribution in [-0.4, -0.2) is 11.7 Å². The highest BCUT2D eigenvalue weighted by molar-refractivity contribution is 6.30. The van der Waals surface area contributed by atoms with Gasteiger partial charge in [-0.15, -0.1) is 0 Å². The highest BCUT2D eigenvalue weighted by atomic mass is 35.5. The zero-order valence-corrected chi connectivity index (χ0v) is 14.3. The smallest absolute Gasteiger partial charge is 0.263 e. The Labute approximate surface area is 150 Å². The standard InChI is InChI=1S/C19H16ClN3O2/c1-13(24)15-4-8-18(9-5-15)22-12-16(10-21)19(25)23-11-14-2-6-17(20)7-3-14/h2-9,12,22H,11H2,1H3,(H,23,25)/b16-12-. The van der Waals surface area contributed by atoms with Crippen LogP contribution in [0.3, 0.4) is 0 Å². The van der Waals surface area contributed by atoms with Gasteiger partial charge in [-0.2, -0.15) is 5.26 Å². The Bertz CT molecular complexity index is 834. The summed E-state index contributed by atoms with van der Waals surface area (Å²) in [5.74, 6) is -0.508. The first-order chi connectivity index (χ1) is 12.0. The van der Waals surface area contributed by atoms with Gasteiger partial charge in [0, 0.05) is 29.0 Å². The molecule has 6 heteroatoms. The van der Waals surface area contributed by atoms with Crippen molar-refractivity contribution in [1.82, 2.24) is 5.32 Å². The maximum absolute atomic E-state index is 12.1. The van der Waals surface area contributed by atoms with Gasteiger partial charge in [0.05, 0.1) is 0 Å². The Balaban J connectivity index is 1.96. The SMILES string of the molecule is CC(=O)c1ccc(N/C=C(/C#N)C(=O)NCc2ccc(Cl)cc2)cc1. The number of halogens is 1. The van der Waals surface area contributed by atoms with Gasteiger partial charge in [-0.05, 0) is 48.9 Å². The summed E-state index contributed by atoms with van der Waals surface area (Å²) in [5, 5.41) is 15.3. The average molecular weight is 354 g/mol. The maximum Gasteiger partial charge on any atom is 0.263 e. The summed E-state index contributed by atoms with van der Waals surface area (Å²) in [7, 11) is 0. The van der Waals surface area contributed by atoms with Gasteiger partial charge >= 0.3 is 0 Å². The van der Waals surface area contributed by atoms with Crippen molar-refractivity contribution < 1.29 is 9.59 Å². The highest BCUT2D eigenvalue weighted by Gasteiger charge is 2.08. The van der Waals surface area contributed by atoms with Crippen LogP contribution in [0.2, 0.25) is 5.02 Å². The van der Waals surface area contributed by atoms with E-state index < -0.39 is 5.91 Å². The lowest BCUT2D eigenvalue weighted by atomic mass is 10.1. The minimum atomic E-state index is -0.481. The minimum absolute atomic E-state index is 0.0265. The second-order valence-corrected chi connectivity index (χ2v) is 5.69. The van der Waals surface area contributed by atoms with Crippen LogP contribution in [-0.2, 0) is 11.3 Å². The number of nitrogens with one attached hydrogen (secondary N) is 2. The number of hydrogen-bond acceptors (Lipinski definition) is 4. The van der Waals surface area contributed by atoms with Crippen LogP contribution in [0, 0.1) is 11.3 Å². The van der Waals surface area contributed by atoms with Crippen LogP contribution >= 0.6 is 11.6 Å². The Kier molecular flexibility index (Phi) is 6.33. The Morgan fingerprint density at radius 2 is 1.76 bits per heavy atom. The van der Waals surface area contributed by atoms with Crippen molar-refractivity contribution in [2.75, 3.05) is 5.32 Å². The van der Waals surface area contributed by atoms with E-state index in [4.69, 9.17) is 16.9 Å².